The van der Waals surface area contributed by atoms with E-state index in [0.717, 1.165) is 19.3 Å². The van der Waals surface area contributed by atoms with E-state index in [-0.39, 0.29) is 11.8 Å². The number of aryl methyl sites for hydroxylation is 1. The highest BCUT2D eigenvalue weighted by atomic mass is 16.5. The summed E-state index contributed by atoms with van der Waals surface area (Å²) < 4.78 is 5.24. The van der Waals surface area contributed by atoms with E-state index in [0.29, 0.717) is 32.6 Å². The number of aliphatic hydroxyl groups is 1. The summed E-state index contributed by atoms with van der Waals surface area (Å²) in [6, 6.07) is 10.3. The van der Waals surface area contributed by atoms with Crippen LogP contribution in [0.4, 0.5) is 0 Å². The molecule has 0 aromatic heterocycles. The van der Waals surface area contributed by atoms with E-state index < -0.39 is 5.60 Å². The molecule has 0 radical (unpaired) electrons. The molecule has 22 heavy (non-hydrogen) atoms. The van der Waals surface area contributed by atoms with Crippen molar-refractivity contribution < 1.29 is 14.6 Å². The summed E-state index contributed by atoms with van der Waals surface area (Å²) in [5.41, 5.74) is 0.518. The van der Waals surface area contributed by atoms with E-state index >= 15 is 0 Å². The summed E-state index contributed by atoms with van der Waals surface area (Å²) in [5.74, 6) is 0.0140. The lowest BCUT2D eigenvalue weighted by atomic mass is 9.94. The molecule has 0 spiro atoms. The van der Waals surface area contributed by atoms with Gasteiger partial charge in [0.2, 0.25) is 5.91 Å². The molecule has 0 bridgehead atoms. The van der Waals surface area contributed by atoms with Crippen LogP contribution in [0.15, 0.2) is 30.3 Å². The Bertz CT molecular complexity index is 455. The fourth-order valence-corrected chi connectivity index (χ4v) is 2.74. The van der Waals surface area contributed by atoms with Crippen molar-refractivity contribution in [1.29, 1.82) is 0 Å². The summed E-state index contributed by atoms with van der Waals surface area (Å²) in [5, 5.41) is 13.2. The third kappa shape index (κ3) is 5.43. The summed E-state index contributed by atoms with van der Waals surface area (Å²) in [6.07, 6.45) is 4.05. The third-order valence-electron chi connectivity index (χ3n) is 4.41. The molecule has 4 nitrogen and oxygen atoms in total. The second-order valence-corrected chi connectivity index (χ2v) is 6.33. The first-order chi connectivity index (χ1) is 10.6. The van der Waals surface area contributed by atoms with Crippen LogP contribution in [0.5, 0.6) is 0 Å². The maximum atomic E-state index is 12.1. The molecule has 1 aliphatic rings. The van der Waals surface area contributed by atoms with Crippen LogP contribution >= 0.6 is 0 Å². The van der Waals surface area contributed by atoms with Crippen LogP contribution < -0.4 is 5.32 Å². The zero-order chi connectivity index (χ0) is 15.8. The molecule has 2 N–H and O–H groups in total. The summed E-state index contributed by atoms with van der Waals surface area (Å²) in [4.78, 5) is 12.1. The topological polar surface area (TPSA) is 58.6 Å². The first-order valence-electron chi connectivity index (χ1n) is 8.21. The van der Waals surface area contributed by atoms with Crippen molar-refractivity contribution in [3.05, 3.63) is 35.9 Å². The summed E-state index contributed by atoms with van der Waals surface area (Å²) in [6.45, 7) is 3.42. The number of carbonyl (C=O) groups excluding carboxylic acids is 1. The number of carbonyl (C=O) groups is 1. The number of amides is 1. The van der Waals surface area contributed by atoms with Crippen molar-refractivity contribution in [1.82, 2.24) is 5.32 Å². The van der Waals surface area contributed by atoms with Gasteiger partial charge in [0.05, 0.1) is 5.60 Å². The molecule has 1 heterocycles. The molecule has 0 aliphatic carbocycles. The zero-order valence-corrected chi connectivity index (χ0v) is 13.4. The van der Waals surface area contributed by atoms with Crippen LogP contribution in [0.25, 0.3) is 0 Å². The van der Waals surface area contributed by atoms with E-state index in [1.807, 2.05) is 25.1 Å². The minimum Gasteiger partial charge on any atom is -0.388 e. The highest BCUT2D eigenvalue weighted by Crippen LogP contribution is 2.19. The van der Waals surface area contributed by atoms with Gasteiger partial charge >= 0.3 is 0 Å². The highest BCUT2D eigenvalue weighted by molar-refractivity contribution is 5.78. The van der Waals surface area contributed by atoms with Crippen LogP contribution in [-0.4, -0.2) is 36.4 Å². The van der Waals surface area contributed by atoms with Gasteiger partial charge in [-0.3, -0.25) is 4.79 Å². The smallest absolute Gasteiger partial charge is 0.222 e. The van der Waals surface area contributed by atoms with E-state index in [2.05, 4.69) is 17.4 Å². The van der Waals surface area contributed by atoms with Gasteiger partial charge in [-0.25, -0.2) is 0 Å². The lowest BCUT2D eigenvalue weighted by Gasteiger charge is -2.32. The van der Waals surface area contributed by atoms with Crippen molar-refractivity contribution in [3.63, 3.8) is 0 Å². The van der Waals surface area contributed by atoms with Crippen molar-refractivity contribution >= 4 is 5.91 Å². The predicted molar refractivity (Wildman–Crippen MR) is 86.6 cm³/mol. The van der Waals surface area contributed by atoms with Gasteiger partial charge in [-0.1, -0.05) is 37.3 Å². The van der Waals surface area contributed by atoms with Gasteiger partial charge < -0.3 is 15.2 Å². The molecule has 4 heteroatoms. The van der Waals surface area contributed by atoms with Gasteiger partial charge in [0, 0.05) is 38.5 Å². The molecule has 0 saturated carbocycles. The average Bonchev–Trinajstić information content (AvgIpc) is 2.54. The fraction of sp³-hybridized carbons (Fsp3) is 0.611. The standard InChI is InChI=1S/C18H27NO3/c1-15(6-5-9-16-7-3-2-4-8-16)17(20)19-14-18(21)10-12-22-13-11-18/h2-4,7-8,15,21H,5-6,9-14H2,1H3,(H,19,20). The van der Waals surface area contributed by atoms with Crippen LogP contribution in [0.1, 0.15) is 38.2 Å². The molecule has 1 amide bonds. The van der Waals surface area contributed by atoms with Gasteiger partial charge in [0.25, 0.3) is 0 Å². The Balaban J connectivity index is 1.66. The lowest BCUT2D eigenvalue weighted by molar-refractivity contribution is -0.127. The Morgan fingerprint density at radius 2 is 2.00 bits per heavy atom. The Kier molecular flexibility index (Phi) is 6.40. The van der Waals surface area contributed by atoms with Crippen molar-refractivity contribution in [2.75, 3.05) is 19.8 Å². The first kappa shape index (κ1) is 17.0. The monoisotopic (exact) mass is 305 g/mol. The average molecular weight is 305 g/mol. The maximum absolute atomic E-state index is 12.1. The Morgan fingerprint density at radius 3 is 2.68 bits per heavy atom. The first-order valence-corrected chi connectivity index (χ1v) is 8.21. The van der Waals surface area contributed by atoms with E-state index in [1.54, 1.807) is 0 Å². The molecular formula is C18H27NO3. The molecule has 1 fully saturated rings. The highest BCUT2D eigenvalue weighted by Gasteiger charge is 2.30. The Labute approximate surface area is 132 Å². The van der Waals surface area contributed by atoms with Gasteiger partial charge in [-0.15, -0.1) is 0 Å². The van der Waals surface area contributed by atoms with E-state index in [4.69, 9.17) is 4.74 Å². The Hall–Kier alpha value is -1.39. The quantitative estimate of drug-likeness (QED) is 0.812. The lowest BCUT2D eigenvalue weighted by Crippen LogP contribution is -2.47. The number of rotatable bonds is 7. The number of hydrogen-bond donors (Lipinski definition) is 2. The largest absolute Gasteiger partial charge is 0.388 e. The number of nitrogens with one attached hydrogen (secondary N) is 1. The third-order valence-corrected chi connectivity index (χ3v) is 4.41. The fourth-order valence-electron chi connectivity index (χ4n) is 2.74. The predicted octanol–water partition coefficient (Wildman–Crippen LogP) is 2.30. The zero-order valence-electron chi connectivity index (χ0n) is 13.4. The van der Waals surface area contributed by atoms with Gasteiger partial charge in [-0.2, -0.15) is 0 Å². The normalized spacial score (nSPS) is 18.6. The molecule has 1 aromatic rings. The van der Waals surface area contributed by atoms with E-state index in [1.165, 1.54) is 5.56 Å². The minimum absolute atomic E-state index is 0.0212. The molecule has 1 atom stereocenters. The molecular weight excluding hydrogens is 278 g/mol. The van der Waals surface area contributed by atoms with Crippen LogP contribution in [0.3, 0.4) is 0 Å². The molecule has 1 saturated heterocycles. The number of ether oxygens (including phenoxy) is 1. The molecule has 1 aliphatic heterocycles. The molecule has 122 valence electrons. The van der Waals surface area contributed by atoms with Crippen molar-refractivity contribution in [2.24, 2.45) is 5.92 Å². The number of hydrogen-bond acceptors (Lipinski definition) is 3. The van der Waals surface area contributed by atoms with Crippen LogP contribution in [0.2, 0.25) is 0 Å². The minimum atomic E-state index is -0.794. The molecule has 1 aromatic carbocycles. The second-order valence-electron chi connectivity index (χ2n) is 6.33. The Morgan fingerprint density at radius 1 is 1.32 bits per heavy atom. The van der Waals surface area contributed by atoms with Crippen molar-refractivity contribution in [2.45, 2.75) is 44.6 Å². The van der Waals surface area contributed by atoms with Gasteiger partial charge in [0.1, 0.15) is 0 Å². The van der Waals surface area contributed by atoms with E-state index in [9.17, 15) is 9.90 Å². The number of benzene rings is 1. The van der Waals surface area contributed by atoms with Crippen LogP contribution in [0, 0.1) is 5.92 Å². The molecule has 2 rings (SSSR count). The van der Waals surface area contributed by atoms with Crippen LogP contribution in [-0.2, 0) is 16.0 Å². The SMILES string of the molecule is CC(CCCc1ccccc1)C(=O)NCC1(O)CCOCC1. The van der Waals surface area contributed by atoms with Gasteiger partial charge in [0.15, 0.2) is 0 Å². The summed E-state index contributed by atoms with van der Waals surface area (Å²) in [7, 11) is 0. The van der Waals surface area contributed by atoms with Gasteiger partial charge in [-0.05, 0) is 24.8 Å². The maximum Gasteiger partial charge on any atom is 0.222 e. The van der Waals surface area contributed by atoms with Crippen molar-refractivity contribution in [3.8, 4) is 0 Å². The molecule has 1 unspecified atom stereocenters. The second kappa shape index (κ2) is 8.30. The summed E-state index contributed by atoms with van der Waals surface area (Å²) >= 11 is 0.